The highest BCUT2D eigenvalue weighted by Gasteiger charge is 2.55. The van der Waals surface area contributed by atoms with Gasteiger partial charge in [-0.15, -0.1) is 0 Å². The molecule has 0 amide bonds. The molecular formula is C18H20ClF4N3O3S. The molecule has 0 saturated heterocycles. The fourth-order valence-corrected chi connectivity index (χ4v) is 4.36. The van der Waals surface area contributed by atoms with E-state index in [0.29, 0.717) is 0 Å². The van der Waals surface area contributed by atoms with Crippen LogP contribution in [0.2, 0.25) is 5.02 Å². The lowest BCUT2D eigenvalue weighted by atomic mass is 9.89. The third-order valence-electron chi connectivity index (χ3n) is 4.38. The van der Waals surface area contributed by atoms with Crippen LogP contribution in [0.3, 0.4) is 0 Å². The van der Waals surface area contributed by atoms with Gasteiger partial charge in [0.15, 0.2) is 0 Å². The molecule has 166 valence electrons. The van der Waals surface area contributed by atoms with Gasteiger partial charge < -0.3 is 10.8 Å². The van der Waals surface area contributed by atoms with Crippen LogP contribution in [0, 0.1) is 5.82 Å². The predicted octanol–water partition coefficient (Wildman–Crippen LogP) is 3.03. The Morgan fingerprint density at radius 1 is 1.20 bits per heavy atom. The van der Waals surface area contributed by atoms with Crippen molar-refractivity contribution in [3.8, 4) is 11.3 Å². The highest BCUT2D eigenvalue weighted by Crippen LogP contribution is 2.42. The van der Waals surface area contributed by atoms with Gasteiger partial charge in [0.2, 0.25) is 15.6 Å². The molecular weight excluding hydrogens is 450 g/mol. The number of benzene rings is 1. The number of pyridine rings is 1. The van der Waals surface area contributed by atoms with Crippen molar-refractivity contribution in [1.29, 1.82) is 0 Å². The van der Waals surface area contributed by atoms with Gasteiger partial charge in [-0.25, -0.2) is 22.5 Å². The first-order valence-corrected chi connectivity index (χ1v) is 10.7. The summed E-state index contributed by atoms with van der Waals surface area (Å²) in [7, 11) is -3.80. The lowest BCUT2D eigenvalue weighted by molar-refractivity contribution is -0.263. The Bertz CT molecular complexity index is 1040. The quantitative estimate of drug-likeness (QED) is 0.564. The van der Waals surface area contributed by atoms with Crippen molar-refractivity contribution in [2.75, 3.05) is 12.8 Å². The Hall–Kier alpha value is -1.79. The first-order valence-electron chi connectivity index (χ1n) is 8.47. The minimum atomic E-state index is -5.19. The fraction of sp³-hybridized carbons (Fsp3) is 0.389. The van der Waals surface area contributed by atoms with Crippen LogP contribution in [0.15, 0.2) is 30.3 Å². The summed E-state index contributed by atoms with van der Waals surface area (Å²) >= 11 is 6.39. The van der Waals surface area contributed by atoms with Crippen molar-refractivity contribution in [3.05, 3.63) is 52.4 Å². The largest absolute Gasteiger partial charge is 0.424 e. The van der Waals surface area contributed by atoms with E-state index in [-0.39, 0.29) is 21.8 Å². The van der Waals surface area contributed by atoms with E-state index < -0.39 is 45.4 Å². The van der Waals surface area contributed by atoms with E-state index >= 15 is 0 Å². The highest BCUT2D eigenvalue weighted by molar-refractivity contribution is 7.88. The topological polar surface area (TPSA) is 105 Å². The Kier molecular flexibility index (Phi) is 6.56. The van der Waals surface area contributed by atoms with Crippen LogP contribution >= 0.6 is 11.6 Å². The van der Waals surface area contributed by atoms with Crippen LogP contribution in [-0.2, 0) is 21.2 Å². The molecule has 0 fully saturated rings. The van der Waals surface area contributed by atoms with E-state index in [0.717, 1.165) is 24.5 Å². The molecule has 30 heavy (non-hydrogen) atoms. The maximum atomic E-state index is 13.6. The molecule has 1 aromatic heterocycles. The van der Waals surface area contributed by atoms with Gasteiger partial charge in [0, 0.05) is 12.1 Å². The number of aromatic nitrogens is 1. The average molecular weight is 470 g/mol. The fourth-order valence-electron chi connectivity index (χ4n) is 2.88. The van der Waals surface area contributed by atoms with E-state index in [9.17, 15) is 31.1 Å². The average Bonchev–Trinajstić information content (AvgIpc) is 2.59. The monoisotopic (exact) mass is 469 g/mol. The van der Waals surface area contributed by atoms with Gasteiger partial charge in [0.25, 0.3) is 0 Å². The summed E-state index contributed by atoms with van der Waals surface area (Å²) in [5, 5.41) is 10.1. The van der Waals surface area contributed by atoms with Crippen molar-refractivity contribution in [1.82, 2.24) is 9.71 Å². The summed E-state index contributed by atoms with van der Waals surface area (Å²) in [6.07, 6.45) is -4.31. The number of halogens is 5. The Labute approximate surface area is 176 Å². The summed E-state index contributed by atoms with van der Waals surface area (Å²) < 4.78 is 79.9. The Morgan fingerprint density at radius 2 is 1.73 bits per heavy atom. The summed E-state index contributed by atoms with van der Waals surface area (Å²) in [4.78, 5) is 3.87. The minimum Gasteiger partial charge on any atom is -0.374 e. The molecule has 0 spiro atoms. The number of nitrogens with zero attached hydrogens (tertiary/aromatic N) is 1. The molecule has 0 aliphatic carbocycles. The number of rotatable bonds is 6. The lowest BCUT2D eigenvalue weighted by Gasteiger charge is -2.32. The van der Waals surface area contributed by atoms with Gasteiger partial charge in [-0.3, -0.25) is 0 Å². The van der Waals surface area contributed by atoms with Gasteiger partial charge in [-0.05, 0) is 49.7 Å². The van der Waals surface area contributed by atoms with Gasteiger partial charge >= 0.3 is 6.18 Å². The molecule has 2 aromatic rings. The predicted molar refractivity (Wildman–Crippen MR) is 105 cm³/mol. The van der Waals surface area contributed by atoms with Crippen LogP contribution in [0.1, 0.15) is 25.1 Å². The lowest BCUT2D eigenvalue weighted by Crippen LogP contribution is -2.49. The van der Waals surface area contributed by atoms with Gasteiger partial charge in [-0.1, -0.05) is 11.6 Å². The Morgan fingerprint density at radius 3 is 2.17 bits per heavy atom. The summed E-state index contributed by atoms with van der Waals surface area (Å²) in [5.41, 5.74) is -0.799. The van der Waals surface area contributed by atoms with Gasteiger partial charge in [-0.2, -0.15) is 13.2 Å². The van der Waals surface area contributed by atoms with Crippen LogP contribution in [0.25, 0.3) is 11.3 Å². The molecule has 0 unspecified atom stereocenters. The zero-order valence-corrected chi connectivity index (χ0v) is 17.8. The minimum absolute atomic E-state index is 0.0879. The second-order valence-corrected chi connectivity index (χ2v) is 9.41. The maximum absolute atomic E-state index is 13.6. The van der Waals surface area contributed by atoms with Crippen molar-refractivity contribution >= 4 is 21.6 Å². The number of hydrogen-bond acceptors (Lipinski definition) is 5. The summed E-state index contributed by atoms with van der Waals surface area (Å²) in [6, 6.07) is 5.44. The van der Waals surface area contributed by atoms with Gasteiger partial charge in [0.05, 0.1) is 28.2 Å². The van der Waals surface area contributed by atoms with Crippen molar-refractivity contribution in [3.63, 3.8) is 0 Å². The van der Waals surface area contributed by atoms with Crippen molar-refractivity contribution in [2.45, 2.75) is 31.2 Å². The second kappa shape index (κ2) is 8.04. The van der Waals surface area contributed by atoms with Gasteiger partial charge in [0.1, 0.15) is 5.82 Å². The second-order valence-electron chi connectivity index (χ2n) is 7.29. The molecule has 2 rings (SSSR count). The number of sulfonamides is 1. The maximum Gasteiger partial charge on any atom is 0.424 e. The molecule has 12 heteroatoms. The molecule has 1 atom stereocenters. The normalized spacial score (nSPS) is 15.1. The molecule has 1 heterocycles. The SMILES string of the molecule is CC(C)(NS(C)(=O)=O)c1cc([C@](O)(CN)C(F)(F)F)nc(-c2ccc(F)cc2)c1Cl. The molecule has 6 nitrogen and oxygen atoms in total. The standard InChI is InChI=1S/C18H20ClF4N3O3S/c1-16(2,26-30(3,28)29)12-8-13(17(27,9-24)18(21,22)23)25-15(14(12)19)10-4-6-11(20)7-5-10/h4-8,26-27H,9,24H2,1-3H3/t17-/m1/s1. The first kappa shape index (κ1) is 24.5. The van der Waals surface area contributed by atoms with Crippen LogP contribution < -0.4 is 10.5 Å². The molecule has 4 N–H and O–H groups in total. The number of alkyl halides is 3. The number of hydrogen-bond donors (Lipinski definition) is 3. The third kappa shape index (κ3) is 4.92. The first-order chi connectivity index (χ1) is 13.5. The smallest absolute Gasteiger partial charge is 0.374 e. The van der Waals surface area contributed by atoms with Crippen molar-refractivity contribution in [2.24, 2.45) is 5.73 Å². The van der Waals surface area contributed by atoms with Crippen LogP contribution in [0.4, 0.5) is 17.6 Å². The van der Waals surface area contributed by atoms with E-state index in [2.05, 4.69) is 9.71 Å². The molecule has 0 saturated carbocycles. The number of nitrogens with two attached hydrogens (primary N) is 1. The van der Waals surface area contributed by atoms with E-state index in [1.807, 2.05) is 0 Å². The highest BCUT2D eigenvalue weighted by atomic mass is 35.5. The molecule has 1 aromatic carbocycles. The van der Waals surface area contributed by atoms with E-state index in [4.69, 9.17) is 17.3 Å². The molecule has 0 bridgehead atoms. The molecule has 0 aliphatic rings. The summed E-state index contributed by atoms with van der Waals surface area (Å²) in [5.74, 6) is -0.598. The van der Waals surface area contributed by atoms with Crippen molar-refractivity contribution < 1.29 is 31.1 Å². The number of nitrogens with one attached hydrogen (secondary N) is 1. The van der Waals surface area contributed by atoms with E-state index in [1.54, 1.807) is 0 Å². The summed E-state index contributed by atoms with van der Waals surface area (Å²) in [6.45, 7) is 1.51. The van der Waals surface area contributed by atoms with E-state index in [1.165, 1.54) is 26.0 Å². The number of aliphatic hydroxyl groups is 1. The van der Waals surface area contributed by atoms with Crippen LogP contribution in [-0.4, -0.2) is 37.5 Å². The molecule has 0 aliphatic heterocycles. The van der Waals surface area contributed by atoms with Crippen LogP contribution in [0.5, 0.6) is 0 Å². The Balaban J connectivity index is 2.89. The zero-order chi connectivity index (χ0) is 23.1. The third-order valence-corrected chi connectivity index (χ3v) is 5.64. The molecule has 0 radical (unpaired) electrons. The zero-order valence-electron chi connectivity index (χ0n) is 16.2.